The highest BCUT2D eigenvalue weighted by Crippen LogP contribution is 2.21. The molecule has 7 nitrogen and oxygen atoms in total. The van der Waals surface area contributed by atoms with Crippen molar-refractivity contribution in [2.24, 2.45) is 0 Å². The summed E-state index contributed by atoms with van der Waals surface area (Å²) in [5.74, 6) is 2.16. The van der Waals surface area contributed by atoms with Gasteiger partial charge in [0.2, 0.25) is 17.6 Å². The number of carbonyl (C=O) groups excluding carboxylic acids is 1. The predicted molar refractivity (Wildman–Crippen MR) is 110 cm³/mol. The minimum atomic E-state index is 0.234. The van der Waals surface area contributed by atoms with Crippen LogP contribution in [0.1, 0.15) is 31.6 Å². The van der Waals surface area contributed by atoms with Gasteiger partial charge >= 0.3 is 0 Å². The van der Waals surface area contributed by atoms with Crippen molar-refractivity contribution in [2.75, 3.05) is 33.3 Å². The van der Waals surface area contributed by atoms with Crippen molar-refractivity contribution >= 4 is 5.91 Å². The van der Waals surface area contributed by atoms with Gasteiger partial charge in [0.15, 0.2) is 0 Å². The molecule has 1 aromatic carbocycles. The van der Waals surface area contributed by atoms with Crippen LogP contribution >= 0.6 is 0 Å². The first-order valence-corrected chi connectivity index (χ1v) is 10.4. The van der Waals surface area contributed by atoms with Crippen molar-refractivity contribution in [1.82, 2.24) is 19.9 Å². The maximum Gasteiger partial charge on any atom is 0.226 e. The average molecular weight is 396 g/mol. The van der Waals surface area contributed by atoms with E-state index in [4.69, 9.17) is 9.26 Å². The second-order valence-corrected chi connectivity index (χ2v) is 7.63. The van der Waals surface area contributed by atoms with E-state index in [-0.39, 0.29) is 5.91 Å². The van der Waals surface area contributed by atoms with Crippen LogP contribution in [0.15, 0.2) is 40.9 Å². The van der Waals surface area contributed by atoms with Gasteiger partial charge in [0.05, 0.1) is 7.11 Å². The number of aromatic nitrogens is 2. The van der Waals surface area contributed by atoms with E-state index < -0.39 is 0 Å². The summed E-state index contributed by atoms with van der Waals surface area (Å²) in [6.07, 6.45) is 8.47. The Morgan fingerprint density at radius 2 is 1.90 bits per heavy atom. The fourth-order valence-corrected chi connectivity index (χ4v) is 4.04. The van der Waals surface area contributed by atoms with E-state index in [0.29, 0.717) is 30.6 Å². The van der Waals surface area contributed by atoms with Crippen LogP contribution in [-0.2, 0) is 11.2 Å². The van der Waals surface area contributed by atoms with Gasteiger partial charge in [0.25, 0.3) is 0 Å². The normalized spacial score (nSPS) is 17.8. The molecule has 0 unspecified atom stereocenters. The Labute approximate surface area is 171 Å². The van der Waals surface area contributed by atoms with Gasteiger partial charge in [0.1, 0.15) is 5.75 Å². The van der Waals surface area contributed by atoms with Gasteiger partial charge < -0.3 is 14.2 Å². The Morgan fingerprint density at radius 1 is 1.17 bits per heavy atom. The summed E-state index contributed by atoms with van der Waals surface area (Å²) >= 11 is 0. The third kappa shape index (κ3) is 4.85. The van der Waals surface area contributed by atoms with Crippen molar-refractivity contribution < 1.29 is 14.1 Å². The topological polar surface area (TPSA) is 71.7 Å². The van der Waals surface area contributed by atoms with Gasteiger partial charge in [0, 0.05) is 50.6 Å². The number of ether oxygens (including phenoxy) is 1. The Bertz CT molecular complexity index is 830. The van der Waals surface area contributed by atoms with Gasteiger partial charge in [-0.1, -0.05) is 17.3 Å². The summed E-state index contributed by atoms with van der Waals surface area (Å²) in [6.45, 7) is 3.84. The average Bonchev–Trinajstić information content (AvgIpc) is 3.46. The molecular formula is C22H28N4O3. The molecule has 0 aliphatic carbocycles. The van der Waals surface area contributed by atoms with Gasteiger partial charge in [-0.3, -0.25) is 9.69 Å². The number of likely N-dealkylation sites (tertiary alicyclic amines) is 1. The maximum absolute atomic E-state index is 12.5. The first-order chi connectivity index (χ1) is 14.2. The van der Waals surface area contributed by atoms with Gasteiger partial charge in [-0.05, 0) is 43.5 Å². The van der Waals surface area contributed by atoms with Gasteiger partial charge in [-0.2, -0.15) is 4.98 Å². The van der Waals surface area contributed by atoms with Crippen LogP contribution in [0.4, 0.5) is 0 Å². The monoisotopic (exact) mass is 396 g/mol. The molecule has 2 aromatic rings. The number of benzene rings is 1. The maximum atomic E-state index is 12.5. The molecule has 0 spiro atoms. The second-order valence-electron chi connectivity index (χ2n) is 7.63. The van der Waals surface area contributed by atoms with E-state index in [1.165, 1.54) is 0 Å². The smallest absolute Gasteiger partial charge is 0.226 e. The molecule has 154 valence electrons. The highest BCUT2D eigenvalue weighted by Gasteiger charge is 2.26. The number of amides is 1. The van der Waals surface area contributed by atoms with E-state index in [1.807, 2.05) is 29.2 Å². The molecule has 0 bridgehead atoms. The fourth-order valence-electron chi connectivity index (χ4n) is 4.04. The van der Waals surface area contributed by atoms with Crippen LogP contribution < -0.4 is 4.74 Å². The molecule has 0 N–H and O–H groups in total. The number of hydrogen-bond acceptors (Lipinski definition) is 6. The third-order valence-corrected chi connectivity index (χ3v) is 5.78. The zero-order chi connectivity index (χ0) is 20.1. The van der Waals surface area contributed by atoms with Crippen molar-refractivity contribution in [3.05, 3.63) is 42.3 Å². The van der Waals surface area contributed by atoms with Crippen molar-refractivity contribution in [2.45, 2.75) is 38.1 Å². The summed E-state index contributed by atoms with van der Waals surface area (Å²) in [6, 6.07) is 8.15. The van der Waals surface area contributed by atoms with Crippen molar-refractivity contribution in [1.29, 1.82) is 0 Å². The lowest BCUT2D eigenvalue weighted by Crippen LogP contribution is -2.46. The lowest BCUT2D eigenvalue weighted by molar-refractivity contribution is -0.132. The molecular weight excluding hydrogens is 368 g/mol. The molecule has 3 heterocycles. The molecule has 1 saturated heterocycles. The number of hydrogen-bond donors (Lipinski definition) is 0. The lowest BCUT2D eigenvalue weighted by atomic mass is 10.0. The highest BCUT2D eigenvalue weighted by molar-refractivity contribution is 5.76. The molecule has 2 aliphatic rings. The number of aryl methyl sites for hydroxylation is 1. The Morgan fingerprint density at radius 3 is 2.59 bits per heavy atom. The molecule has 7 heteroatoms. The van der Waals surface area contributed by atoms with E-state index in [2.05, 4.69) is 27.2 Å². The van der Waals surface area contributed by atoms with Crippen molar-refractivity contribution in [3.63, 3.8) is 0 Å². The summed E-state index contributed by atoms with van der Waals surface area (Å²) in [4.78, 5) is 21.5. The summed E-state index contributed by atoms with van der Waals surface area (Å²) in [5, 5.41) is 4.04. The van der Waals surface area contributed by atoms with Crippen molar-refractivity contribution in [3.8, 4) is 17.1 Å². The zero-order valence-corrected chi connectivity index (χ0v) is 16.9. The molecule has 4 rings (SSSR count). The largest absolute Gasteiger partial charge is 0.497 e. The molecule has 0 atom stereocenters. The van der Waals surface area contributed by atoms with E-state index in [0.717, 1.165) is 56.8 Å². The SMILES string of the molecule is COc1ccc(-c2noc(CCCC(=O)N3CCC(N4CC=CC4)CC3)n2)cc1. The van der Waals surface area contributed by atoms with Crippen LogP contribution in [0, 0.1) is 0 Å². The molecule has 2 aliphatic heterocycles. The van der Waals surface area contributed by atoms with Gasteiger partial charge in [-0.15, -0.1) is 0 Å². The lowest BCUT2D eigenvalue weighted by Gasteiger charge is -2.36. The Hall–Kier alpha value is -2.67. The first-order valence-electron chi connectivity index (χ1n) is 10.4. The van der Waals surface area contributed by atoms with Gasteiger partial charge in [-0.25, -0.2) is 0 Å². The van der Waals surface area contributed by atoms with E-state index in [9.17, 15) is 4.79 Å². The minimum Gasteiger partial charge on any atom is -0.497 e. The van der Waals surface area contributed by atoms with Crippen LogP contribution in [0.3, 0.4) is 0 Å². The second kappa shape index (κ2) is 9.22. The number of piperidine rings is 1. The number of rotatable bonds is 7. The molecule has 0 radical (unpaired) electrons. The minimum absolute atomic E-state index is 0.234. The zero-order valence-electron chi connectivity index (χ0n) is 16.9. The first kappa shape index (κ1) is 19.6. The molecule has 1 aromatic heterocycles. The molecule has 1 fully saturated rings. The highest BCUT2D eigenvalue weighted by atomic mass is 16.5. The Balaban J connectivity index is 1.20. The number of nitrogens with zero attached hydrogens (tertiary/aromatic N) is 4. The van der Waals surface area contributed by atoms with Crippen LogP contribution in [-0.4, -0.2) is 65.2 Å². The summed E-state index contributed by atoms with van der Waals surface area (Å²) < 4.78 is 10.5. The predicted octanol–water partition coefficient (Wildman–Crippen LogP) is 2.93. The molecule has 1 amide bonds. The molecule has 0 saturated carbocycles. The standard InChI is InChI=1S/C22H28N4O3/c1-28-19-9-7-17(8-10-19)22-23-20(29-24-22)5-4-6-21(27)26-15-11-18(12-16-26)25-13-2-3-14-25/h2-3,7-10,18H,4-6,11-16H2,1H3. The summed E-state index contributed by atoms with van der Waals surface area (Å²) in [7, 11) is 1.63. The summed E-state index contributed by atoms with van der Waals surface area (Å²) in [5.41, 5.74) is 0.882. The number of carbonyl (C=O) groups is 1. The Kier molecular flexibility index (Phi) is 6.24. The van der Waals surface area contributed by atoms with Crippen LogP contribution in [0.25, 0.3) is 11.4 Å². The van der Waals surface area contributed by atoms with Crippen LogP contribution in [0.2, 0.25) is 0 Å². The fraction of sp³-hybridized carbons (Fsp3) is 0.500. The quantitative estimate of drug-likeness (QED) is 0.670. The van der Waals surface area contributed by atoms with E-state index >= 15 is 0 Å². The molecule has 29 heavy (non-hydrogen) atoms. The van der Waals surface area contributed by atoms with Crippen LogP contribution in [0.5, 0.6) is 5.75 Å². The number of methoxy groups -OCH3 is 1. The van der Waals surface area contributed by atoms with E-state index in [1.54, 1.807) is 7.11 Å². The third-order valence-electron chi connectivity index (χ3n) is 5.78.